The van der Waals surface area contributed by atoms with Crippen molar-refractivity contribution in [1.82, 2.24) is 19.9 Å². The Bertz CT molecular complexity index is 702. The first-order valence-corrected chi connectivity index (χ1v) is 7.65. The minimum absolute atomic E-state index is 0.0210. The van der Waals surface area contributed by atoms with Crippen LogP contribution >= 0.6 is 11.6 Å². The summed E-state index contributed by atoms with van der Waals surface area (Å²) in [5, 5.41) is 15.9. The van der Waals surface area contributed by atoms with Crippen molar-refractivity contribution in [2.75, 3.05) is 5.32 Å². The normalized spacial score (nSPS) is 21.7. The molecule has 2 aromatic heterocycles. The third kappa shape index (κ3) is 3.09. The topological polar surface area (TPSA) is 92.1 Å². The Balaban J connectivity index is 1.79. The first-order valence-electron chi connectivity index (χ1n) is 7.27. The molecule has 118 valence electrons. The monoisotopic (exact) mass is 323 g/mol. The first kappa shape index (κ1) is 14.9. The lowest BCUT2D eigenvalue weighted by atomic mass is 9.91. The van der Waals surface area contributed by atoms with Gasteiger partial charge >= 0.3 is 6.09 Å². The van der Waals surface area contributed by atoms with Gasteiger partial charge in [-0.3, -0.25) is 0 Å². The van der Waals surface area contributed by atoms with Gasteiger partial charge in [0, 0.05) is 25.3 Å². The number of halogens is 1. The quantitative estimate of drug-likeness (QED) is 0.755. The summed E-state index contributed by atoms with van der Waals surface area (Å²) in [5.74, 6) is 0.705. The number of aryl methyl sites for hydroxylation is 1. The molecule has 0 aliphatic heterocycles. The van der Waals surface area contributed by atoms with Gasteiger partial charge in [0.2, 0.25) is 5.28 Å². The number of carbonyl (C=O) groups is 1. The average molecular weight is 324 g/mol. The lowest BCUT2D eigenvalue weighted by Gasteiger charge is -2.30. The van der Waals surface area contributed by atoms with Gasteiger partial charge in [-0.1, -0.05) is 0 Å². The fraction of sp³-hybridized carbons (Fsp3) is 0.500. The molecule has 1 fully saturated rings. The van der Waals surface area contributed by atoms with E-state index in [4.69, 9.17) is 16.7 Å². The van der Waals surface area contributed by atoms with E-state index in [1.165, 1.54) is 0 Å². The molecule has 2 atom stereocenters. The van der Waals surface area contributed by atoms with Crippen LogP contribution in [0.2, 0.25) is 5.28 Å². The van der Waals surface area contributed by atoms with Crippen LogP contribution in [0.3, 0.4) is 0 Å². The number of anilines is 1. The van der Waals surface area contributed by atoms with E-state index in [-0.39, 0.29) is 17.4 Å². The third-order valence-corrected chi connectivity index (χ3v) is 4.21. The van der Waals surface area contributed by atoms with Crippen molar-refractivity contribution in [3.63, 3.8) is 0 Å². The van der Waals surface area contributed by atoms with Gasteiger partial charge in [0.15, 0.2) is 0 Å². The fourth-order valence-electron chi connectivity index (χ4n) is 3.04. The van der Waals surface area contributed by atoms with Crippen LogP contribution in [0, 0.1) is 0 Å². The molecule has 1 saturated carbocycles. The van der Waals surface area contributed by atoms with Crippen molar-refractivity contribution in [3.05, 3.63) is 17.5 Å². The summed E-state index contributed by atoms with van der Waals surface area (Å²) < 4.78 is 1.89. The van der Waals surface area contributed by atoms with Gasteiger partial charge in [-0.2, -0.15) is 4.98 Å². The van der Waals surface area contributed by atoms with Crippen molar-refractivity contribution in [1.29, 1.82) is 0 Å². The van der Waals surface area contributed by atoms with Crippen molar-refractivity contribution in [2.45, 2.75) is 37.8 Å². The Morgan fingerprint density at radius 3 is 2.95 bits per heavy atom. The Morgan fingerprint density at radius 1 is 1.41 bits per heavy atom. The maximum Gasteiger partial charge on any atom is 0.404 e. The molecule has 0 radical (unpaired) electrons. The summed E-state index contributed by atoms with van der Waals surface area (Å²) in [7, 11) is 1.91. The summed E-state index contributed by atoms with van der Waals surface area (Å²) in [5.41, 5.74) is 0.776. The maximum absolute atomic E-state index is 10.8. The molecule has 0 saturated heterocycles. The molecule has 22 heavy (non-hydrogen) atoms. The van der Waals surface area contributed by atoms with Crippen LogP contribution in [-0.2, 0) is 7.05 Å². The fourth-order valence-corrected chi connectivity index (χ4v) is 3.20. The number of nitrogens with zero attached hydrogens (tertiary/aromatic N) is 3. The number of rotatable bonds is 3. The predicted molar refractivity (Wildman–Crippen MR) is 84.3 cm³/mol. The van der Waals surface area contributed by atoms with E-state index in [2.05, 4.69) is 20.6 Å². The van der Waals surface area contributed by atoms with Crippen LogP contribution < -0.4 is 10.6 Å². The summed E-state index contributed by atoms with van der Waals surface area (Å²) in [6.07, 6.45) is 4.50. The van der Waals surface area contributed by atoms with E-state index in [1.807, 2.05) is 23.9 Å². The van der Waals surface area contributed by atoms with Gasteiger partial charge < -0.3 is 20.3 Å². The smallest absolute Gasteiger partial charge is 0.404 e. The zero-order chi connectivity index (χ0) is 15.7. The van der Waals surface area contributed by atoms with Crippen molar-refractivity contribution < 1.29 is 9.90 Å². The number of hydrogen-bond donors (Lipinski definition) is 3. The Kier molecular flexibility index (Phi) is 4.06. The van der Waals surface area contributed by atoms with Crippen LogP contribution in [0.1, 0.15) is 25.7 Å². The number of nitrogens with one attached hydrogen (secondary N) is 2. The molecule has 0 aromatic carbocycles. The molecule has 2 heterocycles. The molecule has 3 rings (SSSR count). The van der Waals surface area contributed by atoms with Crippen LogP contribution in [0.4, 0.5) is 10.6 Å². The number of carboxylic acid groups (broad SMARTS) is 1. The molecule has 1 aliphatic carbocycles. The molecule has 8 heteroatoms. The molecule has 1 aliphatic rings. The molecule has 2 aromatic rings. The number of amides is 1. The van der Waals surface area contributed by atoms with E-state index < -0.39 is 6.09 Å². The summed E-state index contributed by atoms with van der Waals surface area (Å²) in [6, 6.07) is 2.09. The highest BCUT2D eigenvalue weighted by Gasteiger charge is 2.24. The minimum Gasteiger partial charge on any atom is -0.465 e. The van der Waals surface area contributed by atoms with Gasteiger partial charge in [0.05, 0.1) is 5.39 Å². The van der Waals surface area contributed by atoms with Crippen LogP contribution in [0.15, 0.2) is 12.3 Å². The lowest BCUT2D eigenvalue weighted by Crippen LogP contribution is -2.41. The van der Waals surface area contributed by atoms with Gasteiger partial charge in [0.25, 0.3) is 0 Å². The number of hydrogen-bond acceptors (Lipinski definition) is 4. The number of fused-ring (bicyclic) bond motifs is 1. The van der Waals surface area contributed by atoms with E-state index in [0.29, 0.717) is 5.82 Å². The molecular formula is C14H18ClN5O2. The summed E-state index contributed by atoms with van der Waals surface area (Å²) in [6.45, 7) is 0. The van der Waals surface area contributed by atoms with E-state index in [9.17, 15) is 4.79 Å². The molecule has 1 amide bonds. The van der Waals surface area contributed by atoms with Crippen molar-refractivity contribution in [2.24, 2.45) is 7.05 Å². The summed E-state index contributed by atoms with van der Waals surface area (Å²) in [4.78, 5) is 19.3. The van der Waals surface area contributed by atoms with E-state index in [0.717, 1.165) is 36.7 Å². The maximum atomic E-state index is 10.8. The lowest BCUT2D eigenvalue weighted by molar-refractivity contribution is 0.185. The average Bonchev–Trinajstić information content (AvgIpc) is 2.80. The van der Waals surface area contributed by atoms with Crippen LogP contribution in [-0.4, -0.2) is 37.8 Å². The van der Waals surface area contributed by atoms with E-state index >= 15 is 0 Å². The first-order chi connectivity index (χ1) is 10.5. The zero-order valence-electron chi connectivity index (χ0n) is 12.2. The molecule has 2 unspecified atom stereocenters. The summed E-state index contributed by atoms with van der Waals surface area (Å²) >= 11 is 6.00. The highest BCUT2D eigenvalue weighted by molar-refractivity contribution is 6.28. The molecule has 0 spiro atoms. The zero-order valence-corrected chi connectivity index (χ0v) is 13.0. The van der Waals surface area contributed by atoms with Crippen LogP contribution in [0.25, 0.3) is 11.0 Å². The Labute approximate surface area is 132 Å². The second-order valence-electron chi connectivity index (χ2n) is 5.66. The van der Waals surface area contributed by atoms with Gasteiger partial charge in [0.1, 0.15) is 11.5 Å². The SMILES string of the molecule is Cn1ccc2c(NC3CCCC(NC(=O)O)C3)nc(Cl)nc21. The Hall–Kier alpha value is -2.02. The molecular weight excluding hydrogens is 306 g/mol. The Morgan fingerprint density at radius 2 is 2.18 bits per heavy atom. The van der Waals surface area contributed by atoms with Gasteiger partial charge in [-0.25, -0.2) is 9.78 Å². The second-order valence-corrected chi connectivity index (χ2v) is 6.00. The van der Waals surface area contributed by atoms with Crippen molar-refractivity contribution in [3.8, 4) is 0 Å². The van der Waals surface area contributed by atoms with Gasteiger partial charge in [-0.15, -0.1) is 0 Å². The number of aromatic nitrogens is 3. The molecule has 7 nitrogen and oxygen atoms in total. The van der Waals surface area contributed by atoms with Crippen molar-refractivity contribution >= 4 is 34.5 Å². The van der Waals surface area contributed by atoms with E-state index in [1.54, 1.807) is 0 Å². The molecule has 3 N–H and O–H groups in total. The highest BCUT2D eigenvalue weighted by atomic mass is 35.5. The predicted octanol–water partition coefficient (Wildman–Crippen LogP) is 2.61. The standard InChI is InChI=1S/C14H18ClN5O2/c1-20-6-5-10-11(18-13(15)19-12(10)20)16-8-3-2-4-9(7-8)17-14(21)22/h5-6,8-9,17H,2-4,7H2,1H3,(H,21,22)(H,16,18,19). The minimum atomic E-state index is -0.971. The molecule has 0 bridgehead atoms. The van der Waals surface area contributed by atoms with Gasteiger partial charge in [-0.05, 0) is 43.4 Å². The third-order valence-electron chi connectivity index (χ3n) is 4.04. The highest BCUT2D eigenvalue weighted by Crippen LogP contribution is 2.27. The van der Waals surface area contributed by atoms with Crippen LogP contribution in [0.5, 0.6) is 0 Å². The second kappa shape index (κ2) is 6.00. The largest absolute Gasteiger partial charge is 0.465 e.